The van der Waals surface area contributed by atoms with E-state index in [1.54, 1.807) is 29.8 Å². The highest BCUT2D eigenvalue weighted by molar-refractivity contribution is 7.16. The van der Waals surface area contributed by atoms with E-state index in [0.29, 0.717) is 28.4 Å². The number of amides is 2. The van der Waals surface area contributed by atoms with Crippen LogP contribution in [0.3, 0.4) is 0 Å². The Morgan fingerprint density at radius 2 is 1.86 bits per heavy atom. The van der Waals surface area contributed by atoms with E-state index in [0.717, 1.165) is 36.4 Å². The average Bonchev–Trinajstić information content (AvgIpc) is 3.37. The number of anilines is 1. The van der Waals surface area contributed by atoms with Crippen molar-refractivity contribution in [3.63, 3.8) is 0 Å². The van der Waals surface area contributed by atoms with E-state index >= 15 is 0 Å². The van der Waals surface area contributed by atoms with Gasteiger partial charge in [-0.15, -0.1) is 11.3 Å². The molecule has 0 spiro atoms. The molecule has 5 rings (SSSR count). The van der Waals surface area contributed by atoms with Crippen molar-refractivity contribution in [1.82, 2.24) is 25.2 Å². The fourth-order valence-electron chi connectivity index (χ4n) is 3.66. The molecule has 2 aliphatic heterocycles. The third-order valence-electron chi connectivity index (χ3n) is 5.19. The second-order valence-corrected chi connectivity index (χ2v) is 7.85. The SMILES string of the molecule is CN1CCN(c2nccc(C3=C(c4c[nH]c5sccc45)C(=O)NC3=O)n2)CC1. The minimum Gasteiger partial charge on any atom is -0.352 e. The summed E-state index contributed by atoms with van der Waals surface area (Å²) in [4.78, 5) is 42.7. The monoisotopic (exact) mass is 394 g/mol. The molecule has 1 fully saturated rings. The predicted octanol–water partition coefficient (Wildman–Crippen LogP) is 1.34. The van der Waals surface area contributed by atoms with Gasteiger partial charge in [-0.2, -0.15) is 0 Å². The molecule has 0 bridgehead atoms. The van der Waals surface area contributed by atoms with Crippen molar-refractivity contribution in [2.24, 2.45) is 0 Å². The molecule has 142 valence electrons. The number of fused-ring (bicyclic) bond motifs is 1. The highest BCUT2D eigenvalue weighted by Crippen LogP contribution is 2.36. The van der Waals surface area contributed by atoms with Crippen molar-refractivity contribution in [2.75, 3.05) is 38.1 Å². The third kappa shape index (κ3) is 2.71. The van der Waals surface area contributed by atoms with Crippen LogP contribution >= 0.6 is 11.3 Å². The zero-order valence-corrected chi connectivity index (χ0v) is 16.0. The zero-order chi connectivity index (χ0) is 19.3. The van der Waals surface area contributed by atoms with Crippen LogP contribution in [0.4, 0.5) is 5.95 Å². The highest BCUT2D eigenvalue weighted by Gasteiger charge is 2.34. The van der Waals surface area contributed by atoms with Crippen LogP contribution in [0.2, 0.25) is 0 Å². The lowest BCUT2D eigenvalue weighted by atomic mass is 10.00. The molecule has 5 heterocycles. The van der Waals surface area contributed by atoms with E-state index in [2.05, 4.69) is 37.1 Å². The Kier molecular flexibility index (Phi) is 3.99. The van der Waals surface area contributed by atoms with Crippen LogP contribution in [0.15, 0.2) is 29.9 Å². The Morgan fingerprint density at radius 1 is 1.07 bits per heavy atom. The molecule has 9 heteroatoms. The maximum atomic E-state index is 12.6. The molecule has 8 nitrogen and oxygen atoms in total. The van der Waals surface area contributed by atoms with Gasteiger partial charge in [0.25, 0.3) is 11.8 Å². The molecular formula is C19H18N6O2S. The van der Waals surface area contributed by atoms with E-state index < -0.39 is 11.8 Å². The molecule has 3 aromatic rings. The van der Waals surface area contributed by atoms with Crippen molar-refractivity contribution in [2.45, 2.75) is 0 Å². The first-order valence-corrected chi connectivity index (χ1v) is 9.91. The number of carbonyl (C=O) groups is 2. The molecule has 0 aromatic carbocycles. The summed E-state index contributed by atoms with van der Waals surface area (Å²) < 4.78 is 0. The highest BCUT2D eigenvalue weighted by atomic mass is 32.1. The lowest BCUT2D eigenvalue weighted by Crippen LogP contribution is -2.45. The van der Waals surface area contributed by atoms with Gasteiger partial charge in [0.05, 0.1) is 16.8 Å². The van der Waals surface area contributed by atoms with Gasteiger partial charge in [0.15, 0.2) is 0 Å². The Balaban J connectivity index is 1.61. The molecular weight excluding hydrogens is 376 g/mol. The normalized spacial score (nSPS) is 18.4. The van der Waals surface area contributed by atoms with Crippen molar-refractivity contribution >= 4 is 50.5 Å². The van der Waals surface area contributed by atoms with E-state index in [1.807, 2.05) is 11.4 Å². The van der Waals surface area contributed by atoms with E-state index in [1.165, 1.54) is 0 Å². The summed E-state index contributed by atoms with van der Waals surface area (Å²) in [5.41, 5.74) is 1.84. The topological polar surface area (TPSA) is 94.2 Å². The van der Waals surface area contributed by atoms with Gasteiger partial charge in [-0.1, -0.05) is 0 Å². The largest absolute Gasteiger partial charge is 0.352 e. The van der Waals surface area contributed by atoms with Crippen LogP contribution in [-0.4, -0.2) is 64.9 Å². The van der Waals surface area contributed by atoms with E-state index in [-0.39, 0.29) is 0 Å². The summed E-state index contributed by atoms with van der Waals surface area (Å²) in [7, 11) is 2.09. The number of aromatic amines is 1. The number of aromatic nitrogens is 3. The molecule has 1 saturated heterocycles. The van der Waals surface area contributed by atoms with Crippen LogP contribution in [0.1, 0.15) is 11.3 Å². The minimum atomic E-state index is -0.424. The number of nitrogens with one attached hydrogen (secondary N) is 2. The van der Waals surface area contributed by atoms with Crippen molar-refractivity contribution in [3.8, 4) is 0 Å². The molecule has 28 heavy (non-hydrogen) atoms. The molecule has 0 atom stereocenters. The summed E-state index contributed by atoms with van der Waals surface area (Å²) in [6.45, 7) is 3.51. The second-order valence-electron chi connectivity index (χ2n) is 6.93. The van der Waals surface area contributed by atoms with Gasteiger partial charge < -0.3 is 14.8 Å². The maximum absolute atomic E-state index is 12.6. The number of piperazine rings is 1. The van der Waals surface area contributed by atoms with Crippen LogP contribution in [0.25, 0.3) is 21.4 Å². The fraction of sp³-hybridized carbons (Fsp3) is 0.263. The maximum Gasteiger partial charge on any atom is 0.261 e. The van der Waals surface area contributed by atoms with Crippen LogP contribution in [-0.2, 0) is 9.59 Å². The Morgan fingerprint density at radius 3 is 2.68 bits per heavy atom. The Hall–Kier alpha value is -3.04. The average molecular weight is 394 g/mol. The molecule has 0 unspecified atom stereocenters. The minimum absolute atomic E-state index is 0.301. The van der Waals surface area contributed by atoms with E-state index in [4.69, 9.17) is 0 Å². The number of hydrogen-bond acceptors (Lipinski definition) is 7. The fourth-order valence-corrected chi connectivity index (χ4v) is 4.43. The molecule has 3 aromatic heterocycles. The van der Waals surface area contributed by atoms with Gasteiger partial charge in [0.1, 0.15) is 4.83 Å². The summed E-state index contributed by atoms with van der Waals surface area (Å²) in [6.07, 6.45) is 3.42. The van der Waals surface area contributed by atoms with E-state index in [9.17, 15) is 9.59 Å². The number of H-pyrrole nitrogens is 1. The lowest BCUT2D eigenvalue weighted by molar-refractivity contribution is -0.122. The molecule has 2 aliphatic rings. The lowest BCUT2D eigenvalue weighted by Gasteiger charge is -2.32. The smallest absolute Gasteiger partial charge is 0.261 e. The van der Waals surface area contributed by atoms with Gasteiger partial charge in [-0.25, -0.2) is 9.97 Å². The third-order valence-corrected chi connectivity index (χ3v) is 6.03. The molecule has 0 saturated carbocycles. The molecule has 0 radical (unpaired) electrons. The van der Waals surface area contributed by atoms with Crippen molar-refractivity contribution in [3.05, 3.63) is 41.2 Å². The quantitative estimate of drug-likeness (QED) is 0.651. The number of thiophene rings is 1. The van der Waals surface area contributed by atoms with Gasteiger partial charge in [0, 0.05) is 49.5 Å². The standard InChI is InChI=1S/C19H18N6O2S/c1-24-5-7-25(8-6-24)19-20-4-2-13(22-19)15-14(16(26)23-17(15)27)12-10-21-18-11(12)3-9-28-18/h2-4,9-10,21H,5-8H2,1H3,(H,23,26,27). The van der Waals surface area contributed by atoms with Gasteiger partial charge in [-0.3, -0.25) is 14.9 Å². The first-order valence-electron chi connectivity index (χ1n) is 9.03. The predicted molar refractivity (Wildman–Crippen MR) is 108 cm³/mol. The number of imide groups is 1. The van der Waals surface area contributed by atoms with Crippen LogP contribution in [0.5, 0.6) is 0 Å². The van der Waals surface area contributed by atoms with Gasteiger partial charge in [-0.05, 0) is 24.6 Å². The van der Waals surface area contributed by atoms with Crippen LogP contribution in [0, 0.1) is 0 Å². The Bertz CT molecular complexity index is 1120. The first-order chi connectivity index (χ1) is 13.6. The zero-order valence-electron chi connectivity index (χ0n) is 15.2. The molecule has 2 amide bonds. The molecule has 2 N–H and O–H groups in total. The van der Waals surface area contributed by atoms with Crippen LogP contribution < -0.4 is 10.2 Å². The Labute approximate surface area is 164 Å². The number of rotatable bonds is 3. The van der Waals surface area contributed by atoms with Gasteiger partial charge >= 0.3 is 0 Å². The summed E-state index contributed by atoms with van der Waals surface area (Å²) in [5.74, 6) is -0.237. The van der Waals surface area contributed by atoms with Crippen molar-refractivity contribution < 1.29 is 9.59 Å². The molecule has 0 aliphatic carbocycles. The number of nitrogens with zero attached hydrogens (tertiary/aromatic N) is 4. The number of likely N-dealkylation sites (N-methyl/N-ethyl adjacent to an activating group) is 1. The second kappa shape index (κ2) is 6.54. The van der Waals surface area contributed by atoms with Gasteiger partial charge in [0.2, 0.25) is 5.95 Å². The number of carbonyl (C=O) groups excluding carboxylic acids is 2. The summed E-state index contributed by atoms with van der Waals surface area (Å²) >= 11 is 1.56. The number of hydrogen-bond donors (Lipinski definition) is 2. The summed E-state index contributed by atoms with van der Waals surface area (Å²) in [6, 6.07) is 3.63. The first kappa shape index (κ1) is 17.1. The summed E-state index contributed by atoms with van der Waals surface area (Å²) in [5, 5.41) is 5.30. The van der Waals surface area contributed by atoms with Crippen molar-refractivity contribution in [1.29, 1.82) is 0 Å².